The molecule has 2 aromatic rings. The first-order valence-corrected chi connectivity index (χ1v) is 4.34. The standard InChI is InChI=1S/C9H5F4N3O/c10-6-3-4(14)1-2-5(6)7-15-8(17-16-7)9(11,12)13/h1-3H,14H2. The molecule has 4 nitrogen and oxygen atoms in total. The van der Waals surface area contributed by atoms with E-state index in [0.717, 1.165) is 6.07 Å². The van der Waals surface area contributed by atoms with E-state index in [1.807, 2.05) is 0 Å². The van der Waals surface area contributed by atoms with Gasteiger partial charge in [-0.25, -0.2) is 4.39 Å². The van der Waals surface area contributed by atoms with Crippen molar-refractivity contribution < 1.29 is 22.1 Å². The Morgan fingerprint density at radius 3 is 2.47 bits per heavy atom. The number of nitrogen functional groups attached to an aromatic ring is 1. The maximum absolute atomic E-state index is 13.4. The quantitative estimate of drug-likeness (QED) is 0.621. The fraction of sp³-hybridized carbons (Fsp3) is 0.111. The van der Waals surface area contributed by atoms with Gasteiger partial charge in [0.2, 0.25) is 5.82 Å². The second kappa shape index (κ2) is 3.72. The molecular weight excluding hydrogens is 242 g/mol. The number of nitrogens with zero attached hydrogens (tertiary/aromatic N) is 2. The molecule has 0 aliphatic carbocycles. The largest absolute Gasteiger partial charge is 0.471 e. The Labute approximate surface area is 92.0 Å². The first-order chi connectivity index (χ1) is 7.88. The predicted octanol–water partition coefficient (Wildman–Crippen LogP) is 2.48. The molecule has 0 bridgehead atoms. The number of alkyl halides is 3. The van der Waals surface area contributed by atoms with Crippen LogP contribution in [0.25, 0.3) is 11.4 Å². The summed E-state index contributed by atoms with van der Waals surface area (Å²) in [4.78, 5) is 3.06. The predicted molar refractivity (Wildman–Crippen MR) is 49.1 cm³/mol. The third-order valence-corrected chi connectivity index (χ3v) is 1.90. The van der Waals surface area contributed by atoms with Gasteiger partial charge in [0, 0.05) is 5.69 Å². The van der Waals surface area contributed by atoms with Crippen LogP contribution in [0.1, 0.15) is 5.89 Å². The van der Waals surface area contributed by atoms with E-state index in [-0.39, 0.29) is 11.3 Å². The zero-order chi connectivity index (χ0) is 12.6. The van der Waals surface area contributed by atoms with Crippen molar-refractivity contribution in [1.29, 1.82) is 0 Å². The molecule has 0 aliphatic rings. The van der Waals surface area contributed by atoms with Gasteiger partial charge in [-0.1, -0.05) is 5.16 Å². The zero-order valence-electron chi connectivity index (χ0n) is 8.12. The first kappa shape index (κ1) is 11.4. The molecule has 0 radical (unpaired) electrons. The molecule has 17 heavy (non-hydrogen) atoms. The fourth-order valence-electron chi connectivity index (χ4n) is 1.16. The van der Waals surface area contributed by atoms with Gasteiger partial charge in [0.05, 0.1) is 5.56 Å². The van der Waals surface area contributed by atoms with Gasteiger partial charge >= 0.3 is 12.1 Å². The molecule has 0 unspecified atom stereocenters. The summed E-state index contributed by atoms with van der Waals surface area (Å²) >= 11 is 0. The highest BCUT2D eigenvalue weighted by atomic mass is 19.4. The maximum Gasteiger partial charge on any atom is 0.471 e. The Kier molecular flexibility index (Phi) is 2.49. The van der Waals surface area contributed by atoms with Gasteiger partial charge in [0.25, 0.3) is 0 Å². The molecule has 0 atom stereocenters. The Morgan fingerprint density at radius 2 is 1.94 bits per heavy atom. The summed E-state index contributed by atoms with van der Waals surface area (Å²) in [7, 11) is 0. The number of halogens is 4. The maximum atomic E-state index is 13.4. The fourth-order valence-corrected chi connectivity index (χ4v) is 1.16. The molecular formula is C9H5F4N3O. The highest BCUT2D eigenvalue weighted by Gasteiger charge is 2.38. The Balaban J connectivity index is 2.44. The third kappa shape index (κ3) is 2.19. The van der Waals surface area contributed by atoms with Crippen LogP contribution in [0.2, 0.25) is 0 Å². The van der Waals surface area contributed by atoms with E-state index in [1.165, 1.54) is 12.1 Å². The average Bonchev–Trinajstić information content (AvgIpc) is 2.65. The summed E-state index contributed by atoms with van der Waals surface area (Å²) in [5.74, 6) is -2.82. The van der Waals surface area contributed by atoms with Crippen LogP contribution in [0.4, 0.5) is 23.2 Å². The van der Waals surface area contributed by atoms with Crippen LogP contribution in [0, 0.1) is 5.82 Å². The topological polar surface area (TPSA) is 64.9 Å². The second-order valence-electron chi connectivity index (χ2n) is 3.16. The lowest BCUT2D eigenvalue weighted by atomic mass is 10.2. The van der Waals surface area contributed by atoms with Crippen molar-refractivity contribution in [1.82, 2.24) is 10.1 Å². The van der Waals surface area contributed by atoms with Crippen LogP contribution >= 0.6 is 0 Å². The Morgan fingerprint density at radius 1 is 1.24 bits per heavy atom. The van der Waals surface area contributed by atoms with Crippen LogP contribution < -0.4 is 5.73 Å². The van der Waals surface area contributed by atoms with Crippen LogP contribution in [0.3, 0.4) is 0 Å². The molecule has 1 heterocycles. The summed E-state index contributed by atoms with van der Waals surface area (Å²) in [5.41, 5.74) is 5.23. The Bertz CT molecular complexity index is 549. The molecule has 2 rings (SSSR count). The minimum atomic E-state index is -4.75. The van der Waals surface area contributed by atoms with Gasteiger partial charge in [-0.15, -0.1) is 0 Å². The smallest absolute Gasteiger partial charge is 0.399 e. The van der Waals surface area contributed by atoms with Crippen molar-refractivity contribution in [2.45, 2.75) is 6.18 Å². The highest BCUT2D eigenvalue weighted by Crippen LogP contribution is 2.30. The number of benzene rings is 1. The van der Waals surface area contributed by atoms with Crippen LogP contribution in [0.15, 0.2) is 22.7 Å². The lowest BCUT2D eigenvalue weighted by Gasteiger charge is -1.98. The summed E-state index contributed by atoms with van der Waals surface area (Å²) in [6.45, 7) is 0. The molecule has 0 amide bonds. The average molecular weight is 247 g/mol. The summed E-state index contributed by atoms with van der Waals surface area (Å²) in [6, 6.07) is 3.46. The van der Waals surface area contributed by atoms with E-state index in [4.69, 9.17) is 5.73 Å². The van der Waals surface area contributed by atoms with E-state index in [9.17, 15) is 17.6 Å². The van der Waals surface area contributed by atoms with Crippen molar-refractivity contribution in [2.24, 2.45) is 0 Å². The molecule has 0 saturated heterocycles. The van der Waals surface area contributed by atoms with Crippen molar-refractivity contribution in [2.75, 3.05) is 5.73 Å². The molecule has 90 valence electrons. The van der Waals surface area contributed by atoms with Crippen molar-refractivity contribution >= 4 is 5.69 Å². The van der Waals surface area contributed by atoms with Gasteiger partial charge in [-0.3, -0.25) is 0 Å². The number of hydrogen-bond donors (Lipinski definition) is 1. The number of aromatic nitrogens is 2. The minimum absolute atomic E-state index is 0.144. The molecule has 1 aromatic carbocycles. The molecule has 0 spiro atoms. The van der Waals surface area contributed by atoms with Gasteiger partial charge in [0.15, 0.2) is 0 Å². The lowest BCUT2D eigenvalue weighted by Crippen LogP contribution is -2.04. The van der Waals surface area contributed by atoms with E-state index >= 15 is 0 Å². The normalized spacial score (nSPS) is 11.8. The number of rotatable bonds is 1. The Hall–Kier alpha value is -2.12. The van der Waals surface area contributed by atoms with E-state index in [1.54, 1.807) is 0 Å². The first-order valence-electron chi connectivity index (χ1n) is 4.34. The summed E-state index contributed by atoms with van der Waals surface area (Å²) < 4.78 is 53.9. The van der Waals surface area contributed by atoms with Crippen molar-refractivity contribution in [3.63, 3.8) is 0 Å². The molecule has 8 heteroatoms. The van der Waals surface area contributed by atoms with Crippen LogP contribution in [-0.2, 0) is 6.18 Å². The highest BCUT2D eigenvalue weighted by molar-refractivity contribution is 5.59. The second-order valence-corrected chi connectivity index (χ2v) is 3.16. The molecule has 0 aliphatic heterocycles. The molecule has 0 fully saturated rings. The molecule has 0 saturated carbocycles. The van der Waals surface area contributed by atoms with Gasteiger partial charge in [-0.2, -0.15) is 18.2 Å². The molecule has 1 aromatic heterocycles. The minimum Gasteiger partial charge on any atom is -0.399 e. The van der Waals surface area contributed by atoms with Crippen LogP contribution in [0.5, 0.6) is 0 Å². The number of hydrogen-bond acceptors (Lipinski definition) is 4. The van der Waals surface area contributed by atoms with Crippen LogP contribution in [-0.4, -0.2) is 10.1 Å². The van der Waals surface area contributed by atoms with Gasteiger partial charge in [-0.05, 0) is 18.2 Å². The molecule has 2 N–H and O–H groups in total. The van der Waals surface area contributed by atoms with Gasteiger partial charge in [0.1, 0.15) is 5.82 Å². The van der Waals surface area contributed by atoms with E-state index in [2.05, 4.69) is 14.7 Å². The van der Waals surface area contributed by atoms with E-state index < -0.39 is 23.7 Å². The van der Waals surface area contributed by atoms with Crippen molar-refractivity contribution in [3.8, 4) is 11.4 Å². The summed E-state index contributed by atoms with van der Waals surface area (Å²) in [5, 5.41) is 3.06. The number of nitrogens with two attached hydrogens (primary N) is 1. The van der Waals surface area contributed by atoms with Crippen molar-refractivity contribution in [3.05, 3.63) is 29.9 Å². The third-order valence-electron chi connectivity index (χ3n) is 1.90. The SMILES string of the molecule is Nc1ccc(-c2noc(C(F)(F)F)n2)c(F)c1. The van der Waals surface area contributed by atoms with Gasteiger partial charge < -0.3 is 10.3 Å². The lowest BCUT2D eigenvalue weighted by molar-refractivity contribution is -0.159. The monoisotopic (exact) mass is 247 g/mol. The van der Waals surface area contributed by atoms with E-state index in [0.29, 0.717) is 0 Å². The summed E-state index contributed by atoms with van der Waals surface area (Å²) in [6.07, 6.45) is -4.75. The number of anilines is 1. The zero-order valence-corrected chi connectivity index (χ0v) is 8.12.